The average Bonchev–Trinajstić information content (AvgIpc) is 2.29. The summed E-state index contributed by atoms with van der Waals surface area (Å²) >= 11 is 2.20. The van der Waals surface area contributed by atoms with Crippen molar-refractivity contribution in [3.05, 3.63) is 0 Å². The van der Waals surface area contributed by atoms with Crippen LogP contribution in [0.25, 0.3) is 0 Å². The Morgan fingerprint density at radius 1 is 1.16 bits per heavy atom. The number of carbonyl (C=O) groups excluding carboxylic acids is 2. The minimum Gasteiger partial charge on any atom is -0.465 e. The summed E-state index contributed by atoms with van der Waals surface area (Å²) in [5, 5.41) is 0. The van der Waals surface area contributed by atoms with Crippen molar-refractivity contribution in [3.8, 4) is 0 Å². The van der Waals surface area contributed by atoms with Gasteiger partial charge in [0.1, 0.15) is 12.2 Å². The standard InChI is InChI=1S/C14H25IO4/c1-5-6-7-12(16)18-10-11(15)8-9-13(17)19-14(2,3)4/h11H,5-10H2,1-4H3. The number of esters is 2. The molecule has 0 rings (SSSR count). The van der Waals surface area contributed by atoms with Crippen LogP contribution in [0.4, 0.5) is 0 Å². The van der Waals surface area contributed by atoms with Gasteiger partial charge in [-0.1, -0.05) is 35.9 Å². The Bertz CT molecular complexity index is 284. The van der Waals surface area contributed by atoms with Crippen LogP contribution in [0.3, 0.4) is 0 Å². The first-order valence-electron chi connectivity index (χ1n) is 6.76. The molecule has 0 aliphatic carbocycles. The third-order valence-corrected chi connectivity index (χ3v) is 3.22. The molecule has 0 amide bonds. The highest BCUT2D eigenvalue weighted by Crippen LogP contribution is 2.14. The molecule has 112 valence electrons. The second kappa shape index (κ2) is 9.55. The van der Waals surface area contributed by atoms with E-state index in [0.29, 0.717) is 25.9 Å². The molecule has 0 saturated carbocycles. The van der Waals surface area contributed by atoms with Crippen LogP contribution in [-0.2, 0) is 19.1 Å². The molecule has 0 aliphatic rings. The van der Waals surface area contributed by atoms with Crippen LogP contribution in [-0.4, -0.2) is 28.1 Å². The fourth-order valence-corrected chi connectivity index (χ4v) is 1.82. The first kappa shape index (κ1) is 18.7. The van der Waals surface area contributed by atoms with E-state index in [0.717, 1.165) is 12.8 Å². The summed E-state index contributed by atoms with van der Waals surface area (Å²) < 4.78 is 10.5. The maximum Gasteiger partial charge on any atom is 0.306 e. The number of hydrogen-bond acceptors (Lipinski definition) is 4. The largest absolute Gasteiger partial charge is 0.465 e. The number of unbranched alkanes of at least 4 members (excludes halogenated alkanes) is 1. The molecule has 4 nitrogen and oxygen atoms in total. The monoisotopic (exact) mass is 384 g/mol. The highest BCUT2D eigenvalue weighted by molar-refractivity contribution is 14.1. The van der Waals surface area contributed by atoms with Gasteiger partial charge in [0.2, 0.25) is 0 Å². The predicted molar refractivity (Wildman–Crippen MR) is 83.4 cm³/mol. The van der Waals surface area contributed by atoms with Crippen molar-refractivity contribution in [2.75, 3.05) is 6.61 Å². The van der Waals surface area contributed by atoms with Crippen LogP contribution in [0.15, 0.2) is 0 Å². The van der Waals surface area contributed by atoms with E-state index in [1.54, 1.807) is 0 Å². The van der Waals surface area contributed by atoms with E-state index in [1.165, 1.54) is 0 Å². The van der Waals surface area contributed by atoms with Gasteiger partial charge in [0.15, 0.2) is 0 Å². The first-order valence-corrected chi connectivity index (χ1v) is 8.00. The normalized spacial score (nSPS) is 12.9. The molecule has 0 aromatic carbocycles. The number of halogens is 1. The van der Waals surface area contributed by atoms with Crippen molar-refractivity contribution in [2.24, 2.45) is 0 Å². The Hall–Kier alpha value is -0.330. The molecule has 0 saturated heterocycles. The van der Waals surface area contributed by atoms with Crippen molar-refractivity contribution >= 4 is 34.5 Å². The molecular weight excluding hydrogens is 359 g/mol. The van der Waals surface area contributed by atoms with Gasteiger partial charge < -0.3 is 9.47 Å². The SMILES string of the molecule is CCCCC(=O)OCC(I)CCC(=O)OC(C)(C)C. The van der Waals surface area contributed by atoms with Gasteiger partial charge in [-0.25, -0.2) is 0 Å². The fraction of sp³-hybridized carbons (Fsp3) is 0.857. The van der Waals surface area contributed by atoms with E-state index in [-0.39, 0.29) is 15.9 Å². The number of ether oxygens (including phenoxy) is 2. The molecule has 1 atom stereocenters. The molecule has 0 aromatic heterocycles. The lowest BCUT2D eigenvalue weighted by molar-refractivity contribution is -0.154. The first-order chi connectivity index (χ1) is 8.74. The van der Waals surface area contributed by atoms with Gasteiger partial charge in [-0.3, -0.25) is 9.59 Å². The predicted octanol–water partition coefficient (Wildman–Crippen LogP) is 3.65. The zero-order valence-corrected chi connectivity index (χ0v) is 14.5. The Labute approximate surface area is 129 Å². The number of rotatable bonds is 8. The minimum atomic E-state index is -0.440. The topological polar surface area (TPSA) is 52.6 Å². The number of alkyl halides is 1. The van der Waals surface area contributed by atoms with E-state index < -0.39 is 5.60 Å². The molecule has 0 aromatic rings. The summed E-state index contributed by atoms with van der Waals surface area (Å²) in [6.07, 6.45) is 3.35. The summed E-state index contributed by atoms with van der Waals surface area (Å²) in [7, 11) is 0. The third-order valence-electron chi connectivity index (χ3n) is 2.24. The lowest BCUT2D eigenvalue weighted by Crippen LogP contribution is -2.24. The van der Waals surface area contributed by atoms with Gasteiger partial charge in [-0.2, -0.15) is 0 Å². The van der Waals surface area contributed by atoms with Crippen LogP contribution < -0.4 is 0 Å². The molecule has 1 unspecified atom stereocenters. The molecule has 0 heterocycles. The van der Waals surface area contributed by atoms with Crippen LogP contribution >= 0.6 is 22.6 Å². The molecule has 5 heteroatoms. The van der Waals surface area contributed by atoms with E-state index in [9.17, 15) is 9.59 Å². The van der Waals surface area contributed by atoms with E-state index in [2.05, 4.69) is 22.6 Å². The second-order valence-corrected chi connectivity index (χ2v) is 7.27. The van der Waals surface area contributed by atoms with Gasteiger partial charge in [0.25, 0.3) is 0 Å². The van der Waals surface area contributed by atoms with Gasteiger partial charge in [-0.05, 0) is 33.6 Å². The highest BCUT2D eigenvalue weighted by atomic mass is 127. The van der Waals surface area contributed by atoms with Gasteiger partial charge in [-0.15, -0.1) is 0 Å². The molecule has 0 bridgehead atoms. The van der Waals surface area contributed by atoms with Crippen molar-refractivity contribution in [1.82, 2.24) is 0 Å². The smallest absolute Gasteiger partial charge is 0.306 e. The van der Waals surface area contributed by atoms with Crippen LogP contribution in [0, 0.1) is 0 Å². The van der Waals surface area contributed by atoms with Gasteiger partial charge >= 0.3 is 11.9 Å². The molecule has 0 radical (unpaired) electrons. The van der Waals surface area contributed by atoms with Crippen molar-refractivity contribution in [2.45, 2.75) is 69.3 Å². The Morgan fingerprint density at radius 3 is 2.32 bits per heavy atom. The van der Waals surface area contributed by atoms with Gasteiger partial charge in [0.05, 0.1) is 0 Å². The lowest BCUT2D eigenvalue weighted by Gasteiger charge is -2.19. The zero-order chi connectivity index (χ0) is 14.9. The summed E-state index contributed by atoms with van der Waals surface area (Å²) in [6.45, 7) is 7.95. The molecular formula is C14H25IO4. The summed E-state index contributed by atoms with van der Waals surface area (Å²) in [5.41, 5.74) is -0.440. The van der Waals surface area contributed by atoms with E-state index >= 15 is 0 Å². The van der Waals surface area contributed by atoms with Crippen LogP contribution in [0.1, 0.15) is 59.8 Å². The summed E-state index contributed by atoms with van der Waals surface area (Å²) in [5.74, 6) is -0.354. The fourth-order valence-electron chi connectivity index (χ4n) is 1.33. The average molecular weight is 384 g/mol. The zero-order valence-electron chi connectivity index (χ0n) is 12.3. The third kappa shape index (κ3) is 12.4. The van der Waals surface area contributed by atoms with E-state index in [1.807, 2.05) is 27.7 Å². The number of carbonyl (C=O) groups is 2. The maximum atomic E-state index is 11.5. The van der Waals surface area contributed by atoms with Crippen LogP contribution in [0.5, 0.6) is 0 Å². The Kier molecular flexibility index (Phi) is 9.39. The molecule has 0 N–H and O–H groups in total. The quantitative estimate of drug-likeness (QED) is 0.364. The van der Waals surface area contributed by atoms with Crippen molar-refractivity contribution in [3.63, 3.8) is 0 Å². The Balaban J connectivity index is 3.72. The number of hydrogen-bond donors (Lipinski definition) is 0. The lowest BCUT2D eigenvalue weighted by atomic mass is 10.2. The van der Waals surface area contributed by atoms with Crippen molar-refractivity contribution < 1.29 is 19.1 Å². The maximum absolute atomic E-state index is 11.5. The molecule has 0 aliphatic heterocycles. The van der Waals surface area contributed by atoms with Gasteiger partial charge in [0, 0.05) is 16.8 Å². The molecule has 0 fully saturated rings. The summed E-state index contributed by atoms with van der Waals surface area (Å²) in [6, 6.07) is 0. The minimum absolute atomic E-state index is 0.149. The Morgan fingerprint density at radius 2 is 1.79 bits per heavy atom. The van der Waals surface area contributed by atoms with E-state index in [4.69, 9.17) is 9.47 Å². The second-order valence-electron chi connectivity index (χ2n) is 5.51. The molecule has 19 heavy (non-hydrogen) atoms. The van der Waals surface area contributed by atoms with Crippen LogP contribution in [0.2, 0.25) is 0 Å². The highest BCUT2D eigenvalue weighted by Gasteiger charge is 2.17. The summed E-state index contributed by atoms with van der Waals surface area (Å²) in [4.78, 5) is 22.8. The molecule has 0 spiro atoms. The van der Waals surface area contributed by atoms with Crippen molar-refractivity contribution in [1.29, 1.82) is 0 Å².